The number of rotatable bonds is 5. The van der Waals surface area contributed by atoms with E-state index in [1.165, 1.54) is 30.7 Å². The maximum atomic E-state index is 15.0. The maximum absolute atomic E-state index is 15.0. The SMILES string of the molecule is Cc1cnc(OC2CCCC2)cc1Sc1ccc(B2OC(C)(C)C(C)(C)O2)cc1F. The predicted octanol–water partition coefficient (Wildman–Crippen LogP) is 5.30. The zero-order chi connectivity index (χ0) is 21.5. The van der Waals surface area contributed by atoms with Crippen molar-refractivity contribution >= 4 is 24.3 Å². The van der Waals surface area contributed by atoms with Crippen LogP contribution in [0.3, 0.4) is 0 Å². The van der Waals surface area contributed by atoms with Crippen LogP contribution in [0.5, 0.6) is 5.88 Å². The molecule has 1 saturated carbocycles. The first-order valence-corrected chi connectivity index (χ1v) is 11.4. The second-order valence-corrected chi connectivity index (χ2v) is 10.3. The molecule has 1 saturated heterocycles. The number of pyridine rings is 1. The van der Waals surface area contributed by atoms with Gasteiger partial charge in [-0.25, -0.2) is 9.37 Å². The number of hydrogen-bond donors (Lipinski definition) is 0. The lowest BCUT2D eigenvalue weighted by atomic mass is 9.79. The second-order valence-electron chi connectivity index (χ2n) is 9.19. The van der Waals surface area contributed by atoms with Crippen LogP contribution in [0.4, 0.5) is 4.39 Å². The molecule has 2 heterocycles. The third-order valence-corrected chi connectivity index (χ3v) is 7.53. The lowest BCUT2D eigenvalue weighted by molar-refractivity contribution is 0.00578. The van der Waals surface area contributed by atoms with Crippen molar-refractivity contribution in [3.05, 3.63) is 41.8 Å². The van der Waals surface area contributed by atoms with Crippen molar-refractivity contribution in [3.8, 4) is 5.88 Å². The van der Waals surface area contributed by atoms with E-state index in [9.17, 15) is 4.39 Å². The average Bonchev–Trinajstić information content (AvgIpc) is 3.25. The van der Waals surface area contributed by atoms with Crippen LogP contribution in [-0.2, 0) is 9.31 Å². The van der Waals surface area contributed by atoms with E-state index in [0.717, 1.165) is 23.3 Å². The van der Waals surface area contributed by atoms with E-state index in [4.69, 9.17) is 14.0 Å². The third kappa shape index (κ3) is 4.39. The highest BCUT2D eigenvalue weighted by Gasteiger charge is 2.51. The number of nitrogens with zero attached hydrogens (tertiary/aromatic N) is 1. The van der Waals surface area contributed by atoms with Crippen LogP contribution in [-0.4, -0.2) is 29.4 Å². The summed E-state index contributed by atoms with van der Waals surface area (Å²) in [5.41, 5.74) is 0.775. The Morgan fingerprint density at radius 3 is 2.37 bits per heavy atom. The molecule has 4 rings (SSSR count). The molecule has 0 N–H and O–H groups in total. The molecule has 4 nitrogen and oxygen atoms in total. The molecule has 0 unspecified atom stereocenters. The molecule has 7 heteroatoms. The zero-order valence-electron chi connectivity index (χ0n) is 18.3. The molecule has 0 bridgehead atoms. The molecule has 160 valence electrons. The quantitative estimate of drug-likeness (QED) is 0.604. The fraction of sp³-hybridized carbons (Fsp3) is 0.522. The van der Waals surface area contributed by atoms with Crippen LogP contribution in [0.1, 0.15) is 58.9 Å². The van der Waals surface area contributed by atoms with Crippen molar-refractivity contribution in [2.45, 2.75) is 87.4 Å². The van der Waals surface area contributed by atoms with E-state index in [0.29, 0.717) is 16.2 Å². The van der Waals surface area contributed by atoms with Crippen molar-refractivity contribution in [2.75, 3.05) is 0 Å². The van der Waals surface area contributed by atoms with Crippen molar-refractivity contribution in [1.82, 2.24) is 4.98 Å². The highest BCUT2D eigenvalue weighted by Crippen LogP contribution is 2.37. The molecule has 30 heavy (non-hydrogen) atoms. The summed E-state index contributed by atoms with van der Waals surface area (Å²) in [4.78, 5) is 5.89. The summed E-state index contributed by atoms with van der Waals surface area (Å²) in [5, 5.41) is 0. The molecule has 1 aromatic heterocycles. The summed E-state index contributed by atoms with van der Waals surface area (Å²) >= 11 is 1.39. The minimum Gasteiger partial charge on any atom is -0.474 e. The first-order chi connectivity index (χ1) is 14.1. The molecule has 2 fully saturated rings. The third-order valence-electron chi connectivity index (χ3n) is 6.32. The molecule has 1 aliphatic carbocycles. The number of aryl methyl sites for hydroxylation is 1. The van der Waals surface area contributed by atoms with Crippen molar-refractivity contribution in [1.29, 1.82) is 0 Å². The zero-order valence-corrected chi connectivity index (χ0v) is 19.1. The standard InChI is InChI=1S/C23H29BFNO3S/c1-15-14-26-21(27-17-8-6-7-9-17)13-20(15)30-19-11-10-16(12-18(19)25)24-28-22(2,3)23(4,5)29-24/h10-14,17H,6-9H2,1-5H3. The molecule has 0 atom stereocenters. The van der Waals surface area contributed by atoms with Crippen LogP contribution in [0, 0.1) is 12.7 Å². The normalized spacial score (nSPS) is 20.7. The smallest absolute Gasteiger partial charge is 0.474 e. The van der Waals surface area contributed by atoms with E-state index < -0.39 is 18.3 Å². The monoisotopic (exact) mass is 429 g/mol. The number of halogens is 1. The second kappa shape index (κ2) is 8.17. The van der Waals surface area contributed by atoms with Crippen LogP contribution >= 0.6 is 11.8 Å². The van der Waals surface area contributed by atoms with Gasteiger partial charge in [0.15, 0.2) is 0 Å². The van der Waals surface area contributed by atoms with Crippen LogP contribution in [0.15, 0.2) is 40.3 Å². The number of benzene rings is 1. The molecular formula is C23H29BFNO3S. The summed E-state index contributed by atoms with van der Waals surface area (Å²) in [5.74, 6) is 0.325. The van der Waals surface area contributed by atoms with Crippen LogP contribution in [0.2, 0.25) is 0 Å². The Morgan fingerprint density at radius 2 is 1.73 bits per heavy atom. The number of aromatic nitrogens is 1. The Balaban J connectivity index is 1.50. The summed E-state index contributed by atoms with van der Waals surface area (Å²) in [6, 6.07) is 7.09. The van der Waals surface area contributed by atoms with Gasteiger partial charge in [-0.15, -0.1) is 0 Å². The van der Waals surface area contributed by atoms with Gasteiger partial charge in [-0.05, 0) is 83.5 Å². The molecule has 2 aromatic rings. The van der Waals surface area contributed by atoms with Crippen molar-refractivity contribution in [2.24, 2.45) is 0 Å². The molecular weight excluding hydrogens is 400 g/mol. The highest BCUT2D eigenvalue weighted by atomic mass is 32.2. The van der Waals surface area contributed by atoms with Gasteiger partial charge in [-0.3, -0.25) is 0 Å². The fourth-order valence-electron chi connectivity index (χ4n) is 3.68. The van der Waals surface area contributed by atoms with Crippen LogP contribution < -0.4 is 10.2 Å². The minimum atomic E-state index is -0.572. The first kappa shape index (κ1) is 21.7. The van der Waals surface area contributed by atoms with Crippen LogP contribution in [0.25, 0.3) is 0 Å². The van der Waals surface area contributed by atoms with E-state index in [-0.39, 0.29) is 11.9 Å². The lowest BCUT2D eigenvalue weighted by Crippen LogP contribution is -2.41. The van der Waals surface area contributed by atoms with Gasteiger partial charge in [-0.2, -0.15) is 0 Å². The van der Waals surface area contributed by atoms with Gasteiger partial charge in [0, 0.05) is 22.1 Å². The average molecular weight is 429 g/mol. The lowest BCUT2D eigenvalue weighted by Gasteiger charge is -2.32. The predicted molar refractivity (Wildman–Crippen MR) is 118 cm³/mol. The van der Waals surface area contributed by atoms with Gasteiger partial charge in [-0.1, -0.05) is 17.8 Å². The van der Waals surface area contributed by atoms with Gasteiger partial charge in [0.05, 0.1) is 11.2 Å². The van der Waals surface area contributed by atoms with Gasteiger partial charge in [0.25, 0.3) is 0 Å². The largest absolute Gasteiger partial charge is 0.494 e. The maximum Gasteiger partial charge on any atom is 0.494 e. The Hall–Kier alpha value is -1.57. The van der Waals surface area contributed by atoms with Crippen molar-refractivity contribution in [3.63, 3.8) is 0 Å². The van der Waals surface area contributed by atoms with Gasteiger partial charge < -0.3 is 14.0 Å². The minimum absolute atomic E-state index is 0.244. The summed E-state index contributed by atoms with van der Waals surface area (Å²) in [6.45, 7) is 9.94. The molecule has 2 aliphatic rings. The molecule has 0 spiro atoms. The Labute approximate surface area is 183 Å². The molecule has 0 radical (unpaired) electrons. The van der Waals surface area contributed by atoms with Gasteiger partial charge in [0.1, 0.15) is 11.9 Å². The molecule has 1 aliphatic heterocycles. The van der Waals surface area contributed by atoms with E-state index in [1.54, 1.807) is 12.3 Å². The fourth-order valence-corrected chi connectivity index (χ4v) is 4.59. The van der Waals surface area contributed by atoms with Gasteiger partial charge >= 0.3 is 7.12 Å². The number of ether oxygens (including phenoxy) is 1. The summed E-state index contributed by atoms with van der Waals surface area (Å²) in [7, 11) is -0.572. The van der Waals surface area contributed by atoms with Gasteiger partial charge in [0.2, 0.25) is 5.88 Å². The Morgan fingerprint density at radius 1 is 1.07 bits per heavy atom. The summed E-state index contributed by atoms with van der Waals surface area (Å²) < 4.78 is 33.1. The molecule has 0 amide bonds. The van der Waals surface area contributed by atoms with Crippen molar-refractivity contribution < 1.29 is 18.4 Å². The van der Waals surface area contributed by atoms with E-state index >= 15 is 0 Å². The topological polar surface area (TPSA) is 40.6 Å². The Bertz CT molecular complexity index is 915. The highest BCUT2D eigenvalue weighted by molar-refractivity contribution is 7.99. The van der Waals surface area contributed by atoms with E-state index in [1.807, 2.05) is 46.8 Å². The first-order valence-electron chi connectivity index (χ1n) is 10.6. The van der Waals surface area contributed by atoms with E-state index in [2.05, 4.69) is 4.98 Å². The summed E-state index contributed by atoms with van der Waals surface area (Å²) in [6.07, 6.45) is 6.61. The Kier molecular flexibility index (Phi) is 5.90. The molecule has 1 aromatic carbocycles. The number of hydrogen-bond acceptors (Lipinski definition) is 5.